The number of anilines is 2. The monoisotopic (exact) mass is 396 g/mol. The van der Waals surface area contributed by atoms with Crippen LogP contribution in [0.25, 0.3) is 11.0 Å². The van der Waals surface area contributed by atoms with E-state index in [9.17, 15) is 14.9 Å². The van der Waals surface area contributed by atoms with E-state index in [-0.39, 0.29) is 16.9 Å². The second-order valence-electron chi connectivity index (χ2n) is 6.59. The molecular weight excluding hydrogens is 372 g/mol. The zero-order valence-electron chi connectivity index (χ0n) is 16.5. The van der Waals surface area contributed by atoms with Crippen LogP contribution >= 0.6 is 0 Å². The van der Waals surface area contributed by atoms with Crippen LogP contribution in [0.4, 0.5) is 17.3 Å². The van der Waals surface area contributed by atoms with Crippen molar-refractivity contribution in [2.24, 2.45) is 0 Å². The van der Waals surface area contributed by atoms with E-state index >= 15 is 0 Å². The number of nitro benzene ring substituents is 1. The molecular formula is C20H24N6O3. The first-order valence-electron chi connectivity index (χ1n) is 9.47. The molecule has 0 fully saturated rings. The van der Waals surface area contributed by atoms with Crippen LogP contribution in [0.2, 0.25) is 0 Å². The summed E-state index contributed by atoms with van der Waals surface area (Å²) in [6.45, 7) is 7.53. The molecule has 3 rings (SSSR count). The van der Waals surface area contributed by atoms with Gasteiger partial charge >= 0.3 is 0 Å². The average molecular weight is 396 g/mol. The van der Waals surface area contributed by atoms with Gasteiger partial charge in [-0.15, -0.1) is 0 Å². The number of nitrogens with one attached hydrogen (secondary N) is 1. The van der Waals surface area contributed by atoms with Crippen LogP contribution in [0, 0.1) is 10.1 Å². The average Bonchev–Trinajstić information content (AvgIpc) is 3.06. The van der Waals surface area contributed by atoms with E-state index in [0.29, 0.717) is 12.5 Å². The summed E-state index contributed by atoms with van der Waals surface area (Å²) in [4.78, 5) is 30.1. The third-order valence-corrected chi connectivity index (χ3v) is 4.90. The molecule has 2 aromatic carbocycles. The number of para-hydroxylation sites is 2. The van der Waals surface area contributed by atoms with Gasteiger partial charge in [0.2, 0.25) is 5.95 Å². The third-order valence-electron chi connectivity index (χ3n) is 4.90. The van der Waals surface area contributed by atoms with Crippen molar-refractivity contribution in [1.29, 1.82) is 0 Å². The van der Waals surface area contributed by atoms with Crippen molar-refractivity contribution in [1.82, 2.24) is 14.5 Å². The maximum Gasteiger partial charge on any atom is 0.292 e. The number of aromatic nitrogens is 2. The lowest BCUT2D eigenvalue weighted by Crippen LogP contribution is -2.27. The Balaban J connectivity index is 1.91. The maximum absolute atomic E-state index is 12.7. The molecule has 0 saturated carbocycles. The molecule has 9 nitrogen and oxygen atoms in total. The lowest BCUT2D eigenvalue weighted by atomic mass is 10.1. The number of hydrogen-bond acceptors (Lipinski definition) is 6. The molecule has 0 radical (unpaired) electrons. The summed E-state index contributed by atoms with van der Waals surface area (Å²) in [7, 11) is 0. The Labute approximate surface area is 168 Å². The molecule has 1 heterocycles. The second-order valence-corrected chi connectivity index (χ2v) is 6.59. The number of imidazole rings is 1. The molecule has 152 valence electrons. The lowest BCUT2D eigenvalue weighted by molar-refractivity contribution is -0.383. The van der Waals surface area contributed by atoms with Gasteiger partial charge in [0, 0.05) is 24.7 Å². The van der Waals surface area contributed by atoms with Crippen molar-refractivity contribution in [2.45, 2.75) is 20.4 Å². The molecule has 3 aromatic rings. The van der Waals surface area contributed by atoms with E-state index in [4.69, 9.17) is 5.73 Å². The highest BCUT2D eigenvalue weighted by Gasteiger charge is 2.18. The SMILES string of the molecule is CCN(CC)CCn1c(NC(=O)c2ccc(N)c([N+](=O)[O-])c2)nc2ccccc21. The number of hydrogen-bond donors (Lipinski definition) is 2. The van der Waals surface area contributed by atoms with Crippen molar-refractivity contribution < 1.29 is 9.72 Å². The Kier molecular flexibility index (Phi) is 6.08. The van der Waals surface area contributed by atoms with Crippen LogP contribution in [0.5, 0.6) is 0 Å². The zero-order valence-corrected chi connectivity index (χ0v) is 16.5. The van der Waals surface area contributed by atoms with Crippen LogP contribution in [-0.4, -0.2) is 44.9 Å². The minimum absolute atomic E-state index is 0.0120. The number of amides is 1. The summed E-state index contributed by atoms with van der Waals surface area (Å²) in [6.07, 6.45) is 0. The molecule has 0 atom stereocenters. The summed E-state index contributed by atoms with van der Waals surface area (Å²) in [5.74, 6) is -0.0738. The van der Waals surface area contributed by atoms with Gasteiger partial charge in [-0.05, 0) is 37.4 Å². The Morgan fingerprint density at radius 2 is 1.97 bits per heavy atom. The molecule has 1 aromatic heterocycles. The normalized spacial score (nSPS) is 11.1. The van der Waals surface area contributed by atoms with Crippen molar-refractivity contribution in [3.8, 4) is 0 Å². The Bertz CT molecular complexity index is 1040. The number of nitro groups is 1. The van der Waals surface area contributed by atoms with E-state index in [1.807, 2.05) is 28.8 Å². The van der Waals surface area contributed by atoms with Gasteiger partial charge in [0.1, 0.15) is 5.69 Å². The molecule has 29 heavy (non-hydrogen) atoms. The molecule has 3 N–H and O–H groups in total. The van der Waals surface area contributed by atoms with Gasteiger partial charge in [-0.3, -0.25) is 20.2 Å². The van der Waals surface area contributed by atoms with E-state index in [2.05, 4.69) is 29.0 Å². The molecule has 0 bridgehead atoms. The predicted octanol–water partition coefficient (Wildman–Crippen LogP) is 3.12. The number of carbonyl (C=O) groups excluding carboxylic acids is 1. The van der Waals surface area contributed by atoms with Crippen LogP contribution < -0.4 is 11.1 Å². The maximum atomic E-state index is 12.7. The molecule has 1 amide bonds. The van der Waals surface area contributed by atoms with Crippen LogP contribution in [0.3, 0.4) is 0 Å². The first-order valence-corrected chi connectivity index (χ1v) is 9.47. The van der Waals surface area contributed by atoms with Gasteiger partial charge in [0.25, 0.3) is 11.6 Å². The smallest absolute Gasteiger partial charge is 0.292 e. The van der Waals surface area contributed by atoms with Crippen molar-refractivity contribution >= 4 is 34.3 Å². The first-order chi connectivity index (χ1) is 13.9. The molecule has 0 spiro atoms. The van der Waals surface area contributed by atoms with Crippen molar-refractivity contribution in [3.63, 3.8) is 0 Å². The van der Waals surface area contributed by atoms with Gasteiger partial charge in [-0.1, -0.05) is 26.0 Å². The Hall–Kier alpha value is -3.46. The number of carbonyl (C=O) groups is 1. The minimum atomic E-state index is -0.606. The largest absolute Gasteiger partial charge is 0.393 e. The summed E-state index contributed by atoms with van der Waals surface area (Å²) in [5, 5.41) is 13.9. The highest BCUT2D eigenvalue weighted by atomic mass is 16.6. The summed E-state index contributed by atoms with van der Waals surface area (Å²) in [6, 6.07) is 11.6. The van der Waals surface area contributed by atoms with Crippen LogP contribution in [0.1, 0.15) is 24.2 Å². The fraction of sp³-hybridized carbons (Fsp3) is 0.300. The predicted molar refractivity (Wildman–Crippen MR) is 113 cm³/mol. The number of rotatable bonds is 8. The highest BCUT2D eigenvalue weighted by molar-refractivity contribution is 6.05. The fourth-order valence-electron chi connectivity index (χ4n) is 3.20. The standard InChI is InChI=1S/C20H24N6O3/c1-3-24(4-2)11-12-25-17-8-6-5-7-16(17)22-20(25)23-19(27)14-9-10-15(21)18(13-14)26(28)29/h5-10,13H,3-4,11-12,21H2,1-2H3,(H,22,23,27). The van der Waals surface area contributed by atoms with E-state index in [0.717, 1.165) is 30.7 Å². The number of nitrogens with two attached hydrogens (primary N) is 1. The topological polar surface area (TPSA) is 119 Å². The van der Waals surface area contributed by atoms with Gasteiger partial charge in [0.05, 0.1) is 16.0 Å². The molecule has 0 unspecified atom stereocenters. The Morgan fingerprint density at radius 3 is 2.66 bits per heavy atom. The third kappa shape index (κ3) is 4.35. The minimum Gasteiger partial charge on any atom is -0.393 e. The van der Waals surface area contributed by atoms with E-state index in [1.165, 1.54) is 18.2 Å². The molecule has 0 aliphatic heterocycles. The van der Waals surface area contributed by atoms with E-state index < -0.39 is 10.8 Å². The van der Waals surface area contributed by atoms with Crippen LogP contribution in [0.15, 0.2) is 42.5 Å². The van der Waals surface area contributed by atoms with Gasteiger partial charge < -0.3 is 15.2 Å². The summed E-state index contributed by atoms with van der Waals surface area (Å²) in [5.41, 5.74) is 7.16. The quantitative estimate of drug-likeness (QED) is 0.343. The van der Waals surface area contributed by atoms with Gasteiger partial charge in [-0.25, -0.2) is 4.98 Å². The molecule has 9 heteroatoms. The molecule has 0 saturated heterocycles. The number of benzene rings is 2. The lowest BCUT2D eigenvalue weighted by Gasteiger charge is -2.19. The Morgan fingerprint density at radius 1 is 1.24 bits per heavy atom. The number of likely N-dealkylation sites (N-methyl/N-ethyl adjacent to an activating group) is 1. The molecule has 0 aliphatic carbocycles. The van der Waals surface area contributed by atoms with E-state index in [1.54, 1.807) is 0 Å². The number of fused-ring (bicyclic) bond motifs is 1. The van der Waals surface area contributed by atoms with Crippen molar-refractivity contribution in [2.75, 3.05) is 30.7 Å². The van der Waals surface area contributed by atoms with Crippen molar-refractivity contribution in [3.05, 3.63) is 58.1 Å². The van der Waals surface area contributed by atoms with Crippen LogP contribution in [-0.2, 0) is 6.54 Å². The first kappa shape index (κ1) is 20.3. The van der Waals surface area contributed by atoms with Gasteiger partial charge in [-0.2, -0.15) is 0 Å². The summed E-state index contributed by atoms with van der Waals surface area (Å²) < 4.78 is 1.96. The second kappa shape index (κ2) is 8.70. The summed E-state index contributed by atoms with van der Waals surface area (Å²) >= 11 is 0. The zero-order chi connectivity index (χ0) is 21.0. The fourth-order valence-corrected chi connectivity index (χ4v) is 3.20. The number of nitrogen functional groups attached to an aromatic ring is 1. The van der Waals surface area contributed by atoms with Gasteiger partial charge in [0.15, 0.2) is 0 Å². The number of nitrogens with zero attached hydrogens (tertiary/aromatic N) is 4. The molecule has 0 aliphatic rings. The highest BCUT2D eigenvalue weighted by Crippen LogP contribution is 2.24.